The van der Waals surface area contributed by atoms with Crippen LogP contribution in [0, 0.1) is 0 Å². The van der Waals surface area contributed by atoms with Crippen molar-refractivity contribution >= 4 is 17.6 Å². The second-order valence-corrected chi connectivity index (χ2v) is 3.59. The number of amides is 1. The number of rotatable bonds is 2. The number of hydrogen-bond acceptors (Lipinski definition) is 5. The number of ether oxygens (including phenoxy) is 2. The molecule has 3 N–H and O–H groups in total. The molecule has 2 rings (SSSR count). The first-order valence-corrected chi connectivity index (χ1v) is 5.02. The van der Waals surface area contributed by atoms with E-state index in [0.717, 1.165) is 0 Å². The average molecular weight is 236 g/mol. The molecule has 0 radical (unpaired) electrons. The summed E-state index contributed by atoms with van der Waals surface area (Å²) in [5.74, 6) is -0.209. The zero-order chi connectivity index (χ0) is 12.4. The highest BCUT2D eigenvalue weighted by Crippen LogP contribution is 2.30. The van der Waals surface area contributed by atoms with Gasteiger partial charge in [0.25, 0.3) is 5.91 Å². The predicted molar refractivity (Wildman–Crippen MR) is 59.5 cm³/mol. The SMILES string of the molecule is COC(=O)C(N)c1ccc2c(c1)NC(=O)CO2. The molecule has 6 nitrogen and oxygen atoms in total. The molecule has 1 amide bonds. The lowest BCUT2D eigenvalue weighted by molar-refractivity contribution is -0.142. The van der Waals surface area contributed by atoms with E-state index in [9.17, 15) is 9.59 Å². The molecule has 0 saturated heterocycles. The number of esters is 1. The van der Waals surface area contributed by atoms with Crippen molar-refractivity contribution in [2.24, 2.45) is 5.73 Å². The van der Waals surface area contributed by atoms with Crippen LogP contribution in [0.5, 0.6) is 5.75 Å². The fraction of sp³-hybridized carbons (Fsp3) is 0.273. The molecule has 1 heterocycles. The van der Waals surface area contributed by atoms with Crippen LogP contribution in [0.15, 0.2) is 18.2 Å². The van der Waals surface area contributed by atoms with E-state index in [4.69, 9.17) is 10.5 Å². The first-order valence-electron chi connectivity index (χ1n) is 5.02. The summed E-state index contributed by atoms with van der Waals surface area (Å²) >= 11 is 0. The Kier molecular flexibility index (Phi) is 2.97. The van der Waals surface area contributed by atoms with E-state index in [1.807, 2.05) is 0 Å². The maximum Gasteiger partial charge on any atom is 0.327 e. The predicted octanol–water partition coefficient (Wildman–Crippen LogP) is 0.190. The number of carbonyl (C=O) groups excluding carboxylic acids is 2. The van der Waals surface area contributed by atoms with Gasteiger partial charge in [-0.15, -0.1) is 0 Å². The number of methoxy groups -OCH3 is 1. The molecule has 1 aliphatic rings. The zero-order valence-electron chi connectivity index (χ0n) is 9.23. The third-order valence-corrected chi connectivity index (χ3v) is 2.45. The number of nitrogens with two attached hydrogens (primary N) is 1. The minimum atomic E-state index is -0.871. The molecule has 17 heavy (non-hydrogen) atoms. The molecule has 1 atom stereocenters. The number of hydrogen-bond donors (Lipinski definition) is 2. The minimum Gasteiger partial charge on any atom is -0.482 e. The molecular weight excluding hydrogens is 224 g/mol. The Hall–Kier alpha value is -2.08. The van der Waals surface area contributed by atoms with Crippen molar-refractivity contribution in [1.82, 2.24) is 0 Å². The number of benzene rings is 1. The van der Waals surface area contributed by atoms with Crippen LogP contribution in [0.1, 0.15) is 11.6 Å². The van der Waals surface area contributed by atoms with Crippen LogP contribution in [0.4, 0.5) is 5.69 Å². The largest absolute Gasteiger partial charge is 0.482 e. The molecule has 0 saturated carbocycles. The Bertz CT molecular complexity index is 473. The summed E-state index contributed by atoms with van der Waals surface area (Å²) in [6.45, 7) is -0.00456. The molecule has 0 fully saturated rings. The summed E-state index contributed by atoms with van der Waals surface area (Å²) in [6.07, 6.45) is 0. The molecule has 0 aromatic heterocycles. The fourth-order valence-electron chi connectivity index (χ4n) is 1.56. The van der Waals surface area contributed by atoms with Crippen molar-refractivity contribution in [3.63, 3.8) is 0 Å². The van der Waals surface area contributed by atoms with Crippen LogP contribution in [0.3, 0.4) is 0 Å². The normalized spacial score (nSPS) is 15.3. The van der Waals surface area contributed by atoms with Gasteiger partial charge in [0, 0.05) is 0 Å². The van der Waals surface area contributed by atoms with Crippen LogP contribution in [-0.2, 0) is 14.3 Å². The molecule has 1 aromatic rings. The lowest BCUT2D eigenvalue weighted by atomic mass is 10.1. The number of fused-ring (bicyclic) bond motifs is 1. The lowest BCUT2D eigenvalue weighted by Gasteiger charge is -2.19. The van der Waals surface area contributed by atoms with Gasteiger partial charge in [-0.1, -0.05) is 6.07 Å². The Morgan fingerprint density at radius 3 is 3.06 bits per heavy atom. The third-order valence-electron chi connectivity index (χ3n) is 2.45. The Labute approximate surface area is 97.7 Å². The smallest absolute Gasteiger partial charge is 0.327 e. The van der Waals surface area contributed by atoms with Gasteiger partial charge in [0.2, 0.25) is 0 Å². The van der Waals surface area contributed by atoms with Crippen molar-refractivity contribution in [3.8, 4) is 5.75 Å². The van der Waals surface area contributed by atoms with E-state index in [-0.39, 0.29) is 12.5 Å². The second-order valence-electron chi connectivity index (χ2n) is 3.59. The van der Waals surface area contributed by atoms with Crippen molar-refractivity contribution < 1.29 is 19.1 Å². The van der Waals surface area contributed by atoms with Gasteiger partial charge in [-0.2, -0.15) is 0 Å². The monoisotopic (exact) mass is 236 g/mol. The lowest BCUT2D eigenvalue weighted by Crippen LogP contribution is -2.26. The highest BCUT2D eigenvalue weighted by Gasteiger charge is 2.21. The van der Waals surface area contributed by atoms with Gasteiger partial charge >= 0.3 is 5.97 Å². The van der Waals surface area contributed by atoms with Crippen molar-refractivity contribution in [2.45, 2.75) is 6.04 Å². The summed E-state index contributed by atoms with van der Waals surface area (Å²) in [6, 6.07) is 4.06. The number of anilines is 1. The minimum absolute atomic E-state index is 0.00456. The molecular formula is C11H12N2O4. The Morgan fingerprint density at radius 1 is 1.59 bits per heavy atom. The summed E-state index contributed by atoms with van der Waals surface area (Å²) in [5, 5.41) is 2.64. The second kappa shape index (κ2) is 4.42. The maximum absolute atomic E-state index is 11.3. The van der Waals surface area contributed by atoms with E-state index in [2.05, 4.69) is 10.1 Å². The van der Waals surface area contributed by atoms with Crippen LogP contribution in [0.2, 0.25) is 0 Å². The summed E-state index contributed by atoms with van der Waals surface area (Å²) < 4.78 is 9.74. The average Bonchev–Trinajstić information content (AvgIpc) is 2.36. The molecule has 0 spiro atoms. The van der Waals surface area contributed by atoms with Crippen LogP contribution < -0.4 is 15.8 Å². The van der Waals surface area contributed by atoms with Gasteiger partial charge in [-0.05, 0) is 17.7 Å². The molecule has 90 valence electrons. The van der Waals surface area contributed by atoms with E-state index < -0.39 is 12.0 Å². The molecule has 0 aliphatic carbocycles. The van der Waals surface area contributed by atoms with Gasteiger partial charge in [-0.25, -0.2) is 0 Å². The van der Waals surface area contributed by atoms with Crippen LogP contribution in [0.25, 0.3) is 0 Å². The zero-order valence-corrected chi connectivity index (χ0v) is 9.23. The van der Waals surface area contributed by atoms with Crippen molar-refractivity contribution in [2.75, 3.05) is 19.0 Å². The molecule has 6 heteroatoms. The quantitative estimate of drug-likeness (QED) is 0.715. The molecule has 1 aromatic carbocycles. The first kappa shape index (κ1) is 11.4. The van der Waals surface area contributed by atoms with Crippen molar-refractivity contribution in [3.05, 3.63) is 23.8 Å². The van der Waals surface area contributed by atoms with Crippen molar-refractivity contribution in [1.29, 1.82) is 0 Å². The molecule has 0 bridgehead atoms. The van der Waals surface area contributed by atoms with Gasteiger partial charge in [0.05, 0.1) is 12.8 Å². The van der Waals surface area contributed by atoms with Gasteiger partial charge < -0.3 is 20.5 Å². The van der Waals surface area contributed by atoms with Gasteiger partial charge in [-0.3, -0.25) is 9.59 Å². The van der Waals surface area contributed by atoms with Gasteiger partial charge in [0.1, 0.15) is 11.8 Å². The van der Waals surface area contributed by atoms with E-state index in [1.54, 1.807) is 18.2 Å². The third kappa shape index (κ3) is 2.21. The Morgan fingerprint density at radius 2 is 2.35 bits per heavy atom. The number of nitrogens with one attached hydrogen (secondary N) is 1. The topological polar surface area (TPSA) is 90.6 Å². The Balaban J connectivity index is 2.29. The maximum atomic E-state index is 11.3. The van der Waals surface area contributed by atoms with Crippen LogP contribution in [-0.4, -0.2) is 25.6 Å². The summed E-state index contributed by atoms with van der Waals surface area (Å²) in [5.41, 5.74) is 6.76. The number of carbonyl (C=O) groups is 2. The highest BCUT2D eigenvalue weighted by molar-refractivity contribution is 5.95. The first-order chi connectivity index (χ1) is 8.11. The van der Waals surface area contributed by atoms with Crippen LogP contribution >= 0.6 is 0 Å². The summed E-state index contributed by atoms with van der Waals surface area (Å²) in [7, 11) is 1.27. The highest BCUT2D eigenvalue weighted by atomic mass is 16.5. The molecule has 1 unspecified atom stereocenters. The summed E-state index contributed by atoms with van der Waals surface area (Å²) in [4.78, 5) is 22.4. The standard InChI is InChI=1S/C11H12N2O4/c1-16-11(15)10(12)6-2-3-8-7(4-6)13-9(14)5-17-8/h2-4,10H,5,12H2,1H3,(H,13,14). The fourth-order valence-corrected chi connectivity index (χ4v) is 1.56. The van der Waals surface area contributed by atoms with E-state index >= 15 is 0 Å². The van der Waals surface area contributed by atoms with E-state index in [1.165, 1.54) is 7.11 Å². The van der Waals surface area contributed by atoms with E-state index in [0.29, 0.717) is 17.0 Å². The molecule has 1 aliphatic heterocycles. The van der Waals surface area contributed by atoms with Gasteiger partial charge in [0.15, 0.2) is 6.61 Å².